The number of anilines is 1. The molecular formula is C17H16ClFN2O3. The molecule has 5 nitrogen and oxygen atoms in total. The molecule has 0 aliphatic carbocycles. The fraction of sp³-hybridized carbons (Fsp3) is 0.294. The summed E-state index contributed by atoms with van der Waals surface area (Å²) in [5, 5.41) is 0.367. The molecule has 0 spiro atoms. The number of carbonyl (C=O) groups is 1. The van der Waals surface area contributed by atoms with Gasteiger partial charge < -0.3 is 14.4 Å². The smallest absolute Gasteiger partial charge is 0.341 e. The van der Waals surface area contributed by atoms with Crippen molar-refractivity contribution in [2.45, 2.75) is 12.5 Å². The fourth-order valence-electron chi connectivity index (χ4n) is 2.69. The molecule has 126 valence electrons. The molecule has 1 saturated heterocycles. The molecule has 0 saturated carbocycles. The fourth-order valence-corrected chi connectivity index (χ4v) is 2.85. The third-order valence-corrected chi connectivity index (χ3v) is 3.99. The Morgan fingerprint density at radius 3 is 3.00 bits per heavy atom. The lowest BCUT2D eigenvalue weighted by Crippen LogP contribution is -2.27. The van der Waals surface area contributed by atoms with E-state index in [0.717, 1.165) is 6.42 Å². The van der Waals surface area contributed by atoms with Crippen molar-refractivity contribution in [3.8, 4) is 5.75 Å². The summed E-state index contributed by atoms with van der Waals surface area (Å²) in [5.74, 6) is 0.167. The summed E-state index contributed by atoms with van der Waals surface area (Å²) in [6, 6.07) is 7.58. The average molecular weight is 351 g/mol. The molecule has 3 rings (SSSR count). The molecule has 1 fully saturated rings. The van der Waals surface area contributed by atoms with Crippen molar-refractivity contribution in [1.82, 2.24) is 4.98 Å². The highest BCUT2D eigenvalue weighted by molar-refractivity contribution is 6.30. The number of rotatable bonds is 4. The zero-order valence-electron chi connectivity index (χ0n) is 13.0. The average Bonchev–Trinajstić information content (AvgIpc) is 3.02. The monoisotopic (exact) mass is 350 g/mol. The van der Waals surface area contributed by atoms with Crippen LogP contribution in [0.2, 0.25) is 5.02 Å². The zero-order chi connectivity index (χ0) is 17.1. The Balaban J connectivity index is 1.75. The van der Waals surface area contributed by atoms with E-state index in [4.69, 9.17) is 21.1 Å². The number of hydrogen-bond acceptors (Lipinski definition) is 5. The molecule has 1 aromatic heterocycles. The van der Waals surface area contributed by atoms with Crippen LogP contribution in [0, 0.1) is 5.82 Å². The lowest BCUT2D eigenvalue weighted by atomic mass is 10.2. The first-order valence-electron chi connectivity index (χ1n) is 7.48. The maximum Gasteiger partial charge on any atom is 0.341 e. The van der Waals surface area contributed by atoms with Crippen LogP contribution in [0.5, 0.6) is 5.75 Å². The molecule has 0 bridgehead atoms. The summed E-state index contributed by atoms with van der Waals surface area (Å²) >= 11 is 5.93. The molecular weight excluding hydrogens is 335 g/mol. The molecule has 7 heteroatoms. The standard InChI is InChI=1S/C17H16ClFN2O3/c1-23-17(22)15-7-11(18)9-20-16(15)21-6-5-14(10-21)24-13-4-2-3-12(19)8-13/h2-4,7-9,14H,5-6,10H2,1H3. The SMILES string of the molecule is COC(=O)c1cc(Cl)cnc1N1CCC(Oc2cccc(F)c2)C1. The van der Waals surface area contributed by atoms with Crippen LogP contribution in [0.1, 0.15) is 16.8 Å². The highest BCUT2D eigenvalue weighted by Crippen LogP contribution is 2.27. The van der Waals surface area contributed by atoms with Crippen LogP contribution in [-0.4, -0.2) is 37.3 Å². The van der Waals surface area contributed by atoms with E-state index in [2.05, 4.69) is 4.98 Å². The number of esters is 1. The molecule has 1 atom stereocenters. The summed E-state index contributed by atoms with van der Waals surface area (Å²) in [6.45, 7) is 1.20. The van der Waals surface area contributed by atoms with Crippen LogP contribution >= 0.6 is 11.6 Å². The first kappa shape index (κ1) is 16.5. The van der Waals surface area contributed by atoms with E-state index in [-0.39, 0.29) is 11.9 Å². The minimum absolute atomic E-state index is 0.116. The van der Waals surface area contributed by atoms with E-state index in [1.807, 2.05) is 4.90 Å². The zero-order valence-corrected chi connectivity index (χ0v) is 13.8. The van der Waals surface area contributed by atoms with E-state index in [1.54, 1.807) is 12.1 Å². The Bertz CT molecular complexity index is 756. The van der Waals surface area contributed by atoms with E-state index < -0.39 is 5.97 Å². The number of hydrogen-bond donors (Lipinski definition) is 0. The van der Waals surface area contributed by atoms with E-state index in [9.17, 15) is 9.18 Å². The number of aromatic nitrogens is 1. The highest BCUT2D eigenvalue weighted by Gasteiger charge is 2.28. The van der Waals surface area contributed by atoms with Crippen molar-refractivity contribution in [1.29, 1.82) is 0 Å². The van der Waals surface area contributed by atoms with Gasteiger partial charge in [-0.15, -0.1) is 0 Å². The third kappa shape index (κ3) is 3.59. The molecule has 0 amide bonds. The summed E-state index contributed by atoms with van der Waals surface area (Å²) in [4.78, 5) is 18.1. The maximum absolute atomic E-state index is 13.2. The van der Waals surface area contributed by atoms with E-state index in [0.29, 0.717) is 35.2 Å². The van der Waals surface area contributed by atoms with Crippen LogP contribution in [0.15, 0.2) is 36.5 Å². The van der Waals surface area contributed by atoms with Crippen molar-refractivity contribution in [3.05, 3.63) is 52.9 Å². The molecule has 1 aromatic carbocycles. The number of pyridine rings is 1. The topological polar surface area (TPSA) is 51.7 Å². The minimum atomic E-state index is -0.491. The van der Waals surface area contributed by atoms with Crippen LogP contribution in [0.4, 0.5) is 10.2 Å². The number of halogens is 2. The first-order chi connectivity index (χ1) is 11.6. The molecule has 24 heavy (non-hydrogen) atoms. The second kappa shape index (κ2) is 7.05. The second-order valence-electron chi connectivity index (χ2n) is 5.45. The van der Waals surface area contributed by atoms with Crippen LogP contribution in [-0.2, 0) is 4.74 Å². The van der Waals surface area contributed by atoms with Gasteiger partial charge in [0.2, 0.25) is 0 Å². The van der Waals surface area contributed by atoms with Gasteiger partial charge in [-0.1, -0.05) is 17.7 Å². The lowest BCUT2D eigenvalue weighted by molar-refractivity contribution is 0.0601. The Morgan fingerprint density at radius 2 is 2.25 bits per heavy atom. The normalized spacial score (nSPS) is 17.0. The third-order valence-electron chi connectivity index (χ3n) is 3.78. The molecule has 2 heterocycles. The van der Waals surface area contributed by atoms with E-state index >= 15 is 0 Å². The Labute approximate surface area is 144 Å². The summed E-state index contributed by atoms with van der Waals surface area (Å²) in [5.41, 5.74) is 0.316. The van der Waals surface area contributed by atoms with Gasteiger partial charge in [0.25, 0.3) is 0 Å². The molecule has 2 aromatic rings. The number of benzene rings is 1. The van der Waals surface area contributed by atoms with Crippen molar-refractivity contribution >= 4 is 23.4 Å². The van der Waals surface area contributed by atoms with Gasteiger partial charge in [0, 0.05) is 25.2 Å². The van der Waals surface area contributed by atoms with Crippen molar-refractivity contribution < 1.29 is 18.7 Å². The van der Waals surface area contributed by atoms with Gasteiger partial charge in [-0.2, -0.15) is 0 Å². The lowest BCUT2D eigenvalue weighted by Gasteiger charge is -2.20. The van der Waals surface area contributed by atoms with Crippen molar-refractivity contribution in [2.75, 3.05) is 25.1 Å². The predicted octanol–water partition coefficient (Wildman–Crippen LogP) is 3.32. The molecule has 0 radical (unpaired) electrons. The highest BCUT2D eigenvalue weighted by atomic mass is 35.5. The van der Waals surface area contributed by atoms with Crippen molar-refractivity contribution in [3.63, 3.8) is 0 Å². The minimum Gasteiger partial charge on any atom is -0.488 e. The molecule has 0 N–H and O–H groups in total. The maximum atomic E-state index is 13.2. The molecule has 1 aliphatic heterocycles. The number of nitrogens with zero attached hydrogens (tertiary/aromatic N) is 2. The van der Waals surface area contributed by atoms with Crippen LogP contribution < -0.4 is 9.64 Å². The van der Waals surface area contributed by atoms with Gasteiger partial charge in [-0.3, -0.25) is 0 Å². The number of carbonyl (C=O) groups excluding carboxylic acids is 1. The number of methoxy groups -OCH3 is 1. The van der Waals surface area contributed by atoms with Gasteiger partial charge in [0.15, 0.2) is 0 Å². The molecule has 1 aliphatic rings. The van der Waals surface area contributed by atoms with Crippen molar-refractivity contribution in [2.24, 2.45) is 0 Å². The van der Waals surface area contributed by atoms with Crippen LogP contribution in [0.3, 0.4) is 0 Å². The summed E-state index contributed by atoms with van der Waals surface area (Å²) in [7, 11) is 1.31. The van der Waals surface area contributed by atoms with Gasteiger partial charge in [-0.25, -0.2) is 14.2 Å². The second-order valence-corrected chi connectivity index (χ2v) is 5.88. The van der Waals surface area contributed by atoms with E-state index in [1.165, 1.54) is 31.5 Å². The Morgan fingerprint density at radius 1 is 1.42 bits per heavy atom. The number of ether oxygens (including phenoxy) is 2. The first-order valence-corrected chi connectivity index (χ1v) is 7.85. The van der Waals surface area contributed by atoms with Gasteiger partial charge in [0.1, 0.15) is 29.1 Å². The van der Waals surface area contributed by atoms with Gasteiger partial charge >= 0.3 is 5.97 Å². The van der Waals surface area contributed by atoms with Gasteiger partial charge in [-0.05, 0) is 18.2 Å². The molecule has 1 unspecified atom stereocenters. The Kier molecular flexibility index (Phi) is 4.85. The summed E-state index contributed by atoms with van der Waals surface area (Å²) in [6.07, 6.45) is 2.11. The van der Waals surface area contributed by atoms with Crippen LogP contribution in [0.25, 0.3) is 0 Å². The largest absolute Gasteiger partial charge is 0.488 e. The Hall–Kier alpha value is -2.34. The van der Waals surface area contributed by atoms with Gasteiger partial charge in [0.05, 0.1) is 18.7 Å². The summed E-state index contributed by atoms with van der Waals surface area (Å²) < 4.78 is 23.8. The predicted molar refractivity (Wildman–Crippen MR) is 88.2 cm³/mol. The quantitative estimate of drug-likeness (QED) is 0.792.